The maximum Gasteiger partial charge on any atom is 0.288 e. The molecule has 1 aliphatic rings. The number of anilines is 1. The SMILES string of the molecule is C[C@@H]1CN(C(=S)Nc2ccc(SC(F)F)cc2)C[C@H](c2ccccc2)O1. The molecule has 7 heteroatoms. The summed E-state index contributed by atoms with van der Waals surface area (Å²) in [5.74, 6) is -2.42. The fraction of sp³-hybridized carbons (Fsp3) is 0.316. The normalized spacial score (nSPS) is 20.2. The molecule has 138 valence electrons. The number of alkyl halides is 2. The third-order valence-corrected chi connectivity index (χ3v) is 5.13. The van der Waals surface area contributed by atoms with E-state index >= 15 is 0 Å². The van der Waals surface area contributed by atoms with Crippen LogP contribution in [-0.4, -0.2) is 35.0 Å². The smallest absolute Gasteiger partial charge is 0.288 e. The van der Waals surface area contributed by atoms with E-state index in [1.807, 2.05) is 25.1 Å². The summed E-state index contributed by atoms with van der Waals surface area (Å²) in [6.07, 6.45) is 0.0167. The number of thioether (sulfide) groups is 1. The van der Waals surface area contributed by atoms with Crippen LogP contribution >= 0.6 is 24.0 Å². The summed E-state index contributed by atoms with van der Waals surface area (Å²) in [7, 11) is 0. The van der Waals surface area contributed by atoms with Crippen LogP contribution in [0.5, 0.6) is 0 Å². The Balaban J connectivity index is 1.63. The Morgan fingerprint density at radius 1 is 1.15 bits per heavy atom. The van der Waals surface area contributed by atoms with E-state index in [1.54, 1.807) is 24.3 Å². The molecule has 0 aromatic heterocycles. The van der Waals surface area contributed by atoms with Gasteiger partial charge in [0.2, 0.25) is 0 Å². The standard InChI is InChI=1S/C19H20F2N2OS2/c1-13-11-23(12-17(24-13)14-5-3-2-4-6-14)19(25)22-15-7-9-16(10-8-15)26-18(20)21/h2-10,13,17-18H,11-12H2,1H3,(H,22,25)/t13-,17-/m1/s1. The third kappa shape index (κ3) is 5.16. The van der Waals surface area contributed by atoms with Gasteiger partial charge in [0, 0.05) is 17.1 Å². The quantitative estimate of drug-likeness (QED) is 0.570. The van der Waals surface area contributed by atoms with Gasteiger partial charge in [-0.2, -0.15) is 8.78 Å². The molecule has 3 nitrogen and oxygen atoms in total. The average Bonchev–Trinajstić information content (AvgIpc) is 2.63. The molecule has 0 unspecified atom stereocenters. The minimum atomic E-state index is -2.42. The van der Waals surface area contributed by atoms with E-state index in [1.165, 1.54) is 0 Å². The van der Waals surface area contributed by atoms with Gasteiger partial charge in [-0.05, 0) is 49.0 Å². The number of nitrogens with one attached hydrogen (secondary N) is 1. The van der Waals surface area contributed by atoms with Gasteiger partial charge in [-0.3, -0.25) is 0 Å². The Labute approximate surface area is 161 Å². The number of hydrogen-bond acceptors (Lipinski definition) is 3. The van der Waals surface area contributed by atoms with E-state index < -0.39 is 5.76 Å². The van der Waals surface area contributed by atoms with Gasteiger partial charge in [0.25, 0.3) is 5.76 Å². The highest BCUT2D eigenvalue weighted by Gasteiger charge is 2.27. The number of benzene rings is 2. The van der Waals surface area contributed by atoms with Crippen molar-refractivity contribution >= 4 is 34.8 Å². The summed E-state index contributed by atoms with van der Waals surface area (Å²) in [5.41, 5.74) is 1.91. The molecule has 2 aromatic rings. The molecule has 3 rings (SSSR count). The molecule has 0 spiro atoms. The van der Waals surface area contributed by atoms with E-state index in [2.05, 4.69) is 22.3 Å². The molecule has 0 bridgehead atoms. The predicted molar refractivity (Wildman–Crippen MR) is 106 cm³/mol. The number of morpholine rings is 1. The summed E-state index contributed by atoms with van der Waals surface area (Å²) in [5, 5.41) is 3.80. The lowest BCUT2D eigenvalue weighted by Gasteiger charge is -2.38. The highest BCUT2D eigenvalue weighted by atomic mass is 32.2. The third-order valence-electron chi connectivity index (χ3n) is 4.05. The molecule has 1 fully saturated rings. The topological polar surface area (TPSA) is 24.5 Å². The Kier molecular flexibility index (Phi) is 6.45. The van der Waals surface area contributed by atoms with Gasteiger partial charge in [0.1, 0.15) is 6.10 Å². The molecule has 2 aromatic carbocycles. The zero-order valence-electron chi connectivity index (χ0n) is 14.3. The van der Waals surface area contributed by atoms with Crippen molar-refractivity contribution in [2.75, 3.05) is 18.4 Å². The van der Waals surface area contributed by atoms with E-state index in [4.69, 9.17) is 17.0 Å². The first-order valence-electron chi connectivity index (χ1n) is 8.32. The number of nitrogens with zero attached hydrogens (tertiary/aromatic N) is 1. The van der Waals surface area contributed by atoms with Crippen LogP contribution in [0.4, 0.5) is 14.5 Å². The van der Waals surface area contributed by atoms with Crippen molar-refractivity contribution in [3.8, 4) is 0 Å². The number of thiocarbonyl (C=S) groups is 1. The zero-order valence-corrected chi connectivity index (χ0v) is 15.9. The van der Waals surface area contributed by atoms with Crippen LogP contribution in [0, 0.1) is 0 Å². The molecule has 1 aliphatic heterocycles. The highest BCUT2D eigenvalue weighted by Crippen LogP contribution is 2.27. The first-order chi connectivity index (χ1) is 12.5. The molecular weight excluding hydrogens is 374 g/mol. The minimum absolute atomic E-state index is 0.0375. The fourth-order valence-corrected chi connectivity index (χ4v) is 3.66. The Hall–Kier alpha value is -1.70. The van der Waals surface area contributed by atoms with E-state index in [9.17, 15) is 8.78 Å². The van der Waals surface area contributed by atoms with Gasteiger partial charge in [-0.15, -0.1) is 0 Å². The van der Waals surface area contributed by atoms with Crippen molar-refractivity contribution in [3.63, 3.8) is 0 Å². The van der Waals surface area contributed by atoms with Crippen molar-refractivity contribution < 1.29 is 13.5 Å². The number of hydrogen-bond donors (Lipinski definition) is 1. The summed E-state index contributed by atoms with van der Waals surface area (Å²) < 4.78 is 30.8. The highest BCUT2D eigenvalue weighted by molar-refractivity contribution is 7.99. The van der Waals surface area contributed by atoms with Gasteiger partial charge in [0.15, 0.2) is 5.11 Å². The van der Waals surface area contributed by atoms with Crippen LogP contribution in [0.2, 0.25) is 0 Å². The van der Waals surface area contributed by atoms with Crippen LogP contribution in [0.25, 0.3) is 0 Å². The Morgan fingerprint density at radius 2 is 1.85 bits per heavy atom. The van der Waals surface area contributed by atoms with Crippen molar-refractivity contribution in [1.82, 2.24) is 4.90 Å². The lowest BCUT2D eigenvalue weighted by molar-refractivity contribution is -0.0589. The molecule has 0 radical (unpaired) electrons. The van der Waals surface area contributed by atoms with Crippen molar-refractivity contribution in [2.24, 2.45) is 0 Å². The summed E-state index contributed by atoms with van der Waals surface area (Å²) >= 11 is 6.08. The molecule has 2 atom stereocenters. The van der Waals surface area contributed by atoms with Gasteiger partial charge in [-0.1, -0.05) is 42.1 Å². The average molecular weight is 395 g/mol. The summed E-state index contributed by atoms with van der Waals surface area (Å²) in [6.45, 7) is 3.40. The number of rotatable bonds is 4. The molecule has 1 N–H and O–H groups in total. The number of ether oxygens (including phenoxy) is 1. The van der Waals surface area contributed by atoms with Crippen molar-refractivity contribution in [3.05, 3.63) is 60.2 Å². The first kappa shape index (κ1) is 19.1. The number of halogens is 2. The first-order valence-corrected chi connectivity index (χ1v) is 9.61. The summed E-state index contributed by atoms with van der Waals surface area (Å²) in [4.78, 5) is 2.61. The van der Waals surface area contributed by atoms with E-state index in [-0.39, 0.29) is 12.2 Å². The minimum Gasteiger partial charge on any atom is -0.367 e. The second-order valence-corrected chi connectivity index (χ2v) is 7.53. The monoisotopic (exact) mass is 394 g/mol. The van der Waals surface area contributed by atoms with Crippen molar-refractivity contribution in [2.45, 2.75) is 29.8 Å². The maximum atomic E-state index is 12.4. The van der Waals surface area contributed by atoms with E-state index in [0.717, 1.165) is 11.3 Å². The van der Waals surface area contributed by atoms with Crippen molar-refractivity contribution in [1.29, 1.82) is 0 Å². The molecule has 1 heterocycles. The molecular formula is C19H20F2N2OS2. The van der Waals surface area contributed by atoms with Crippen LogP contribution in [0.3, 0.4) is 0 Å². The van der Waals surface area contributed by atoms with Gasteiger partial charge in [-0.25, -0.2) is 0 Å². The largest absolute Gasteiger partial charge is 0.367 e. The molecule has 1 saturated heterocycles. The fourth-order valence-electron chi connectivity index (χ4n) is 2.89. The lowest BCUT2D eigenvalue weighted by Crippen LogP contribution is -2.47. The van der Waals surface area contributed by atoms with Crippen LogP contribution in [0.15, 0.2) is 59.5 Å². The molecule has 0 aliphatic carbocycles. The predicted octanol–water partition coefficient (Wildman–Crippen LogP) is 5.16. The van der Waals surface area contributed by atoms with Crippen LogP contribution in [0.1, 0.15) is 18.6 Å². The maximum absolute atomic E-state index is 12.4. The molecule has 26 heavy (non-hydrogen) atoms. The Morgan fingerprint density at radius 3 is 2.50 bits per heavy atom. The van der Waals surface area contributed by atoms with Gasteiger partial charge >= 0.3 is 0 Å². The summed E-state index contributed by atoms with van der Waals surface area (Å²) in [6, 6.07) is 16.9. The molecule has 0 saturated carbocycles. The second-order valence-electron chi connectivity index (χ2n) is 6.08. The lowest BCUT2D eigenvalue weighted by atomic mass is 10.1. The van der Waals surface area contributed by atoms with Gasteiger partial charge in [0.05, 0.1) is 12.6 Å². The molecule has 0 amide bonds. The van der Waals surface area contributed by atoms with E-state index in [0.29, 0.717) is 34.9 Å². The zero-order chi connectivity index (χ0) is 18.5. The second kappa shape index (κ2) is 8.79. The van der Waals surface area contributed by atoms with Gasteiger partial charge < -0.3 is 15.0 Å². The van der Waals surface area contributed by atoms with Crippen LogP contribution < -0.4 is 5.32 Å². The van der Waals surface area contributed by atoms with Crippen LogP contribution in [-0.2, 0) is 4.74 Å². The Bertz CT molecular complexity index is 728.